The average Bonchev–Trinajstić information content (AvgIpc) is 2.51. The zero-order chi connectivity index (χ0) is 18.9. The van der Waals surface area contributed by atoms with Crippen LogP contribution in [0, 0.1) is 11.2 Å². The quantitative estimate of drug-likeness (QED) is 0.858. The number of halogens is 1. The number of nitrogens with zero attached hydrogens (tertiary/aromatic N) is 1. The summed E-state index contributed by atoms with van der Waals surface area (Å²) in [6.07, 6.45) is 0. The van der Waals surface area contributed by atoms with Gasteiger partial charge in [-0.1, -0.05) is 20.8 Å². The first kappa shape index (κ1) is 18.6. The standard InChI is InChI=1S/C18H20FNO5/c1-5-25-17(24)14-15(22)11-8-10(19)6-7-12(11)20(16(14)23)9-13(21)18(2,3)4/h6-8,22H,5,9H2,1-4H3. The molecule has 1 heterocycles. The Labute approximate surface area is 143 Å². The lowest BCUT2D eigenvalue weighted by atomic mass is 9.90. The van der Waals surface area contributed by atoms with Crippen LogP contribution in [0.15, 0.2) is 23.0 Å². The van der Waals surface area contributed by atoms with E-state index in [1.54, 1.807) is 27.7 Å². The van der Waals surface area contributed by atoms with Crippen molar-refractivity contribution < 1.29 is 23.8 Å². The number of aromatic hydroxyl groups is 1. The number of ether oxygens (including phenoxy) is 1. The number of hydrogen-bond donors (Lipinski definition) is 1. The molecule has 6 nitrogen and oxygen atoms in total. The summed E-state index contributed by atoms with van der Waals surface area (Å²) in [5.41, 5.74) is -2.02. The number of aromatic nitrogens is 1. The third-order valence-corrected chi connectivity index (χ3v) is 3.82. The number of benzene rings is 1. The topological polar surface area (TPSA) is 85.6 Å². The number of carbonyl (C=O) groups is 2. The van der Waals surface area contributed by atoms with Crippen LogP contribution in [0.1, 0.15) is 38.1 Å². The van der Waals surface area contributed by atoms with E-state index < -0.39 is 34.1 Å². The number of ketones is 1. The monoisotopic (exact) mass is 349 g/mol. The molecule has 1 N–H and O–H groups in total. The smallest absolute Gasteiger partial charge is 0.347 e. The second-order valence-electron chi connectivity index (χ2n) is 6.67. The number of esters is 1. The van der Waals surface area contributed by atoms with Gasteiger partial charge in [-0.15, -0.1) is 0 Å². The highest BCUT2D eigenvalue weighted by Crippen LogP contribution is 2.28. The zero-order valence-electron chi connectivity index (χ0n) is 14.6. The highest BCUT2D eigenvalue weighted by molar-refractivity contribution is 6.00. The number of fused-ring (bicyclic) bond motifs is 1. The Bertz CT molecular complexity index is 908. The molecule has 0 atom stereocenters. The van der Waals surface area contributed by atoms with E-state index in [1.807, 2.05) is 0 Å². The Morgan fingerprint density at radius 3 is 2.48 bits per heavy atom. The van der Waals surface area contributed by atoms with Gasteiger partial charge in [0.2, 0.25) is 0 Å². The summed E-state index contributed by atoms with van der Waals surface area (Å²) in [7, 11) is 0. The van der Waals surface area contributed by atoms with Crippen molar-refractivity contribution in [3.05, 3.63) is 39.9 Å². The predicted octanol–water partition coefficient (Wildman–Crippen LogP) is 2.64. The fourth-order valence-electron chi connectivity index (χ4n) is 2.34. The predicted molar refractivity (Wildman–Crippen MR) is 90.2 cm³/mol. The van der Waals surface area contributed by atoms with E-state index in [9.17, 15) is 23.9 Å². The maximum absolute atomic E-state index is 13.6. The van der Waals surface area contributed by atoms with E-state index in [0.717, 1.165) is 16.7 Å². The molecule has 134 valence electrons. The van der Waals surface area contributed by atoms with Crippen LogP contribution in [0.3, 0.4) is 0 Å². The van der Waals surface area contributed by atoms with Gasteiger partial charge in [-0.05, 0) is 25.1 Å². The molecule has 2 rings (SSSR count). The lowest BCUT2D eigenvalue weighted by molar-refractivity contribution is -0.126. The summed E-state index contributed by atoms with van der Waals surface area (Å²) in [6, 6.07) is 3.41. The van der Waals surface area contributed by atoms with Crippen molar-refractivity contribution in [1.82, 2.24) is 4.57 Å². The summed E-state index contributed by atoms with van der Waals surface area (Å²) in [4.78, 5) is 37.2. The molecular formula is C18H20FNO5. The molecular weight excluding hydrogens is 329 g/mol. The van der Waals surface area contributed by atoms with Gasteiger partial charge < -0.3 is 9.84 Å². The minimum Gasteiger partial charge on any atom is -0.506 e. The van der Waals surface area contributed by atoms with Crippen LogP contribution >= 0.6 is 0 Å². The van der Waals surface area contributed by atoms with Crippen molar-refractivity contribution in [2.45, 2.75) is 34.2 Å². The Balaban J connectivity index is 2.81. The fourth-order valence-corrected chi connectivity index (χ4v) is 2.34. The van der Waals surface area contributed by atoms with Gasteiger partial charge >= 0.3 is 5.97 Å². The first-order valence-electron chi connectivity index (χ1n) is 7.83. The first-order valence-corrected chi connectivity index (χ1v) is 7.83. The molecule has 0 saturated heterocycles. The molecule has 0 aliphatic carbocycles. The van der Waals surface area contributed by atoms with Crippen molar-refractivity contribution >= 4 is 22.7 Å². The van der Waals surface area contributed by atoms with E-state index in [2.05, 4.69) is 0 Å². The molecule has 0 aliphatic heterocycles. The molecule has 0 radical (unpaired) electrons. The van der Waals surface area contributed by atoms with Crippen LogP contribution in [0.25, 0.3) is 10.9 Å². The van der Waals surface area contributed by atoms with Gasteiger partial charge in [0.15, 0.2) is 11.3 Å². The molecule has 0 fully saturated rings. The number of rotatable bonds is 4. The maximum atomic E-state index is 13.6. The van der Waals surface area contributed by atoms with Crippen molar-refractivity contribution in [2.75, 3.05) is 6.61 Å². The van der Waals surface area contributed by atoms with E-state index in [-0.39, 0.29) is 29.8 Å². The molecule has 1 aromatic carbocycles. The SMILES string of the molecule is CCOC(=O)c1c(O)c2cc(F)ccc2n(CC(=O)C(C)(C)C)c1=O. The van der Waals surface area contributed by atoms with E-state index >= 15 is 0 Å². The summed E-state index contributed by atoms with van der Waals surface area (Å²) in [6.45, 7) is 6.35. The summed E-state index contributed by atoms with van der Waals surface area (Å²) in [5.74, 6) is -2.57. The van der Waals surface area contributed by atoms with Gasteiger partial charge in [-0.3, -0.25) is 14.2 Å². The van der Waals surface area contributed by atoms with Crippen molar-refractivity contribution in [1.29, 1.82) is 0 Å². The first-order chi connectivity index (χ1) is 11.6. The fraction of sp³-hybridized carbons (Fsp3) is 0.389. The minimum atomic E-state index is -1.02. The Morgan fingerprint density at radius 2 is 1.92 bits per heavy atom. The zero-order valence-corrected chi connectivity index (χ0v) is 14.6. The molecule has 25 heavy (non-hydrogen) atoms. The van der Waals surface area contributed by atoms with Crippen LogP contribution in [0.2, 0.25) is 0 Å². The van der Waals surface area contributed by atoms with Crippen LogP contribution in [-0.2, 0) is 16.1 Å². The summed E-state index contributed by atoms with van der Waals surface area (Å²) < 4.78 is 19.5. The van der Waals surface area contributed by atoms with Crippen molar-refractivity contribution in [2.24, 2.45) is 5.41 Å². The van der Waals surface area contributed by atoms with Gasteiger partial charge in [0.1, 0.15) is 11.6 Å². The molecule has 0 spiro atoms. The van der Waals surface area contributed by atoms with Gasteiger partial charge in [0.05, 0.1) is 18.7 Å². The second kappa shape index (κ2) is 6.66. The third-order valence-electron chi connectivity index (χ3n) is 3.82. The van der Waals surface area contributed by atoms with Gasteiger partial charge in [0, 0.05) is 10.8 Å². The van der Waals surface area contributed by atoms with E-state index in [1.165, 1.54) is 6.07 Å². The number of hydrogen-bond acceptors (Lipinski definition) is 5. The molecule has 0 amide bonds. The highest BCUT2D eigenvalue weighted by Gasteiger charge is 2.27. The molecule has 0 bridgehead atoms. The van der Waals surface area contributed by atoms with Crippen LogP contribution in [0.4, 0.5) is 4.39 Å². The Kier molecular flexibility index (Phi) is 4.97. The van der Waals surface area contributed by atoms with Gasteiger partial charge in [-0.25, -0.2) is 9.18 Å². The normalized spacial score (nSPS) is 11.6. The highest BCUT2D eigenvalue weighted by atomic mass is 19.1. The van der Waals surface area contributed by atoms with E-state index in [4.69, 9.17) is 4.74 Å². The average molecular weight is 349 g/mol. The summed E-state index contributed by atoms with van der Waals surface area (Å²) >= 11 is 0. The minimum absolute atomic E-state index is 0.000176. The Hall–Kier alpha value is -2.70. The largest absolute Gasteiger partial charge is 0.506 e. The third kappa shape index (κ3) is 3.55. The van der Waals surface area contributed by atoms with Crippen molar-refractivity contribution in [3.63, 3.8) is 0 Å². The Morgan fingerprint density at radius 1 is 1.28 bits per heavy atom. The summed E-state index contributed by atoms with van der Waals surface area (Å²) in [5, 5.41) is 10.3. The van der Waals surface area contributed by atoms with Gasteiger partial charge in [0.25, 0.3) is 5.56 Å². The van der Waals surface area contributed by atoms with Gasteiger partial charge in [-0.2, -0.15) is 0 Å². The lowest BCUT2D eigenvalue weighted by Crippen LogP contribution is -2.34. The molecule has 1 aromatic heterocycles. The number of pyridine rings is 1. The molecule has 0 saturated carbocycles. The second-order valence-corrected chi connectivity index (χ2v) is 6.67. The molecule has 0 aliphatic rings. The number of Topliss-reactive ketones (excluding diaryl/α,β-unsaturated/α-hetero) is 1. The van der Waals surface area contributed by atoms with E-state index in [0.29, 0.717) is 0 Å². The molecule has 7 heteroatoms. The van der Waals surface area contributed by atoms with Crippen LogP contribution < -0.4 is 5.56 Å². The molecule has 2 aromatic rings. The van der Waals surface area contributed by atoms with Crippen LogP contribution in [-0.4, -0.2) is 28.0 Å². The number of carbonyl (C=O) groups excluding carboxylic acids is 2. The van der Waals surface area contributed by atoms with Crippen LogP contribution in [0.5, 0.6) is 5.75 Å². The maximum Gasteiger partial charge on any atom is 0.347 e. The van der Waals surface area contributed by atoms with Crippen molar-refractivity contribution in [3.8, 4) is 5.75 Å². The lowest BCUT2D eigenvalue weighted by Gasteiger charge is -2.19. The molecule has 0 unspecified atom stereocenters.